The van der Waals surface area contributed by atoms with Gasteiger partial charge in [-0.1, -0.05) is 0 Å². The zero-order valence-corrected chi connectivity index (χ0v) is 7.07. The van der Waals surface area contributed by atoms with Gasteiger partial charge in [0, 0.05) is 7.11 Å². The van der Waals surface area contributed by atoms with Gasteiger partial charge in [0.25, 0.3) is 0 Å². The van der Waals surface area contributed by atoms with Crippen LogP contribution in [0, 0.1) is 0 Å². The highest BCUT2D eigenvalue weighted by Crippen LogP contribution is 1.94. The van der Waals surface area contributed by atoms with Gasteiger partial charge >= 0.3 is 11.9 Å². The summed E-state index contributed by atoms with van der Waals surface area (Å²) >= 11 is 0. The van der Waals surface area contributed by atoms with E-state index in [2.05, 4.69) is 9.47 Å². The number of ether oxygens (including phenoxy) is 2. The lowest BCUT2D eigenvalue weighted by atomic mass is 10.4. The predicted molar refractivity (Wildman–Crippen MR) is 39.7 cm³/mol. The summed E-state index contributed by atoms with van der Waals surface area (Å²) in [4.78, 5) is 20.7. The average Bonchev–Trinajstić information content (AvgIpc) is 1.84. The summed E-state index contributed by atoms with van der Waals surface area (Å²) in [5.41, 5.74) is 0. The van der Waals surface area contributed by atoms with Gasteiger partial charge in [0.05, 0.1) is 6.61 Å². The molecule has 12 heavy (non-hydrogen) atoms. The molecular weight excluding hydrogens is 164 g/mol. The van der Waals surface area contributed by atoms with Gasteiger partial charge in [0.15, 0.2) is 0 Å². The Hall–Kier alpha value is -1.10. The Labute approximate surface area is 70.3 Å². The van der Waals surface area contributed by atoms with E-state index in [0.717, 1.165) is 0 Å². The molecule has 1 atom stereocenters. The monoisotopic (exact) mass is 176 g/mol. The zero-order chi connectivity index (χ0) is 9.56. The van der Waals surface area contributed by atoms with E-state index in [4.69, 9.17) is 5.11 Å². The van der Waals surface area contributed by atoms with Crippen LogP contribution in [0.2, 0.25) is 0 Å². The summed E-state index contributed by atoms with van der Waals surface area (Å²) in [6, 6.07) is 0. The molecular formula is C7H12O5. The van der Waals surface area contributed by atoms with Crippen LogP contribution in [0.5, 0.6) is 0 Å². The van der Waals surface area contributed by atoms with E-state index in [9.17, 15) is 9.59 Å². The highest BCUT2D eigenvalue weighted by atomic mass is 16.6. The Morgan fingerprint density at radius 1 is 1.50 bits per heavy atom. The number of aliphatic carboxylic acids is 1. The van der Waals surface area contributed by atoms with Crippen molar-refractivity contribution >= 4 is 11.9 Å². The first-order valence-electron chi connectivity index (χ1n) is 3.46. The third-order valence-electron chi connectivity index (χ3n) is 1.03. The molecule has 1 N–H and O–H groups in total. The normalized spacial score (nSPS) is 12.2. The third-order valence-corrected chi connectivity index (χ3v) is 1.03. The van der Waals surface area contributed by atoms with Gasteiger partial charge in [-0.25, -0.2) is 0 Å². The molecule has 0 fully saturated rings. The maximum Gasteiger partial charge on any atom is 0.317 e. The van der Waals surface area contributed by atoms with Crippen molar-refractivity contribution in [3.05, 3.63) is 0 Å². The molecule has 0 aromatic carbocycles. The molecule has 0 heterocycles. The zero-order valence-electron chi connectivity index (χ0n) is 7.07. The SMILES string of the molecule is COCC(C)OC(=O)CC(=O)O. The molecule has 0 aliphatic carbocycles. The molecule has 0 saturated carbocycles. The highest BCUT2D eigenvalue weighted by Gasteiger charge is 2.12. The van der Waals surface area contributed by atoms with E-state index >= 15 is 0 Å². The molecule has 5 heteroatoms. The van der Waals surface area contributed by atoms with Crippen molar-refractivity contribution in [1.82, 2.24) is 0 Å². The maximum absolute atomic E-state index is 10.7. The van der Waals surface area contributed by atoms with Crippen LogP contribution >= 0.6 is 0 Å². The molecule has 0 amide bonds. The van der Waals surface area contributed by atoms with Crippen LogP contribution in [-0.2, 0) is 19.1 Å². The predicted octanol–water partition coefficient (Wildman–Crippen LogP) is 0.0392. The van der Waals surface area contributed by atoms with Crippen LogP contribution in [0.15, 0.2) is 0 Å². The molecule has 0 aromatic rings. The van der Waals surface area contributed by atoms with Crippen molar-refractivity contribution < 1.29 is 24.2 Å². The van der Waals surface area contributed by atoms with Gasteiger partial charge in [0.1, 0.15) is 12.5 Å². The van der Waals surface area contributed by atoms with E-state index in [1.165, 1.54) is 7.11 Å². The Morgan fingerprint density at radius 2 is 2.08 bits per heavy atom. The minimum Gasteiger partial charge on any atom is -0.481 e. The van der Waals surface area contributed by atoms with E-state index in [1.54, 1.807) is 6.92 Å². The largest absolute Gasteiger partial charge is 0.481 e. The van der Waals surface area contributed by atoms with Gasteiger partial charge in [-0.15, -0.1) is 0 Å². The van der Waals surface area contributed by atoms with E-state index < -0.39 is 24.5 Å². The van der Waals surface area contributed by atoms with Crippen molar-refractivity contribution in [2.24, 2.45) is 0 Å². The quantitative estimate of drug-likeness (QED) is 0.473. The first-order valence-corrected chi connectivity index (χ1v) is 3.46. The average molecular weight is 176 g/mol. The molecule has 1 unspecified atom stereocenters. The summed E-state index contributed by atoms with van der Waals surface area (Å²) in [7, 11) is 1.47. The van der Waals surface area contributed by atoms with Crippen molar-refractivity contribution in [1.29, 1.82) is 0 Å². The van der Waals surface area contributed by atoms with Gasteiger partial charge < -0.3 is 14.6 Å². The second kappa shape index (κ2) is 5.54. The molecule has 0 rings (SSSR count). The third kappa shape index (κ3) is 5.67. The summed E-state index contributed by atoms with van der Waals surface area (Å²) in [5, 5.41) is 8.19. The van der Waals surface area contributed by atoms with Crippen molar-refractivity contribution in [2.75, 3.05) is 13.7 Å². The Balaban J connectivity index is 3.61. The Morgan fingerprint density at radius 3 is 2.50 bits per heavy atom. The number of carbonyl (C=O) groups is 2. The number of carbonyl (C=O) groups excluding carboxylic acids is 1. The Kier molecular flexibility index (Phi) is 5.03. The number of hydrogen-bond acceptors (Lipinski definition) is 4. The number of carboxylic acids is 1. The van der Waals surface area contributed by atoms with Crippen LogP contribution in [-0.4, -0.2) is 36.9 Å². The minimum atomic E-state index is -1.19. The lowest BCUT2D eigenvalue weighted by Crippen LogP contribution is -2.21. The van der Waals surface area contributed by atoms with Gasteiger partial charge in [0.2, 0.25) is 0 Å². The van der Waals surface area contributed by atoms with Crippen molar-refractivity contribution in [3.63, 3.8) is 0 Å². The molecule has 0 aliphatic heterocycles. The second-order valence-corrected chi connectivity index (χ2v) is 2.33. The topological polar surface area (TPSA) is 72.8 Å². The fraction of sp³-hybridized carbons (Fsp3) is 0.714. The van der Waals surface area contributed by atoms with Crippen LogP contribution < -0.4 is 0 Å². The fourth-order valence-corrected chi connectivity index (χ4v) is 0.658. The molecule has 0 radical (unpaired) electrons. The van der Waals surface area contributed by atoms with Gasteiger partial charge in [-0.05, 0) is 6.92 Å². The molecule has 0 saturated heterocycles. The lowest BCUT2D eigenvalue weighted by molar-refractivity contribution is -0.156. The maximum atomic E-state index is 10.7. The van der Waals surface area contributed by atoms with E-state index in [0.29, 0.717) is 0 Å². The number of rotatable bonds is 5. The summed E-state index contributed by atoms with van der Waals surface area (Å²) in [5.74, 6) is -1.93. The van der Waals surface area contributed by atoms with E-state index in [1.807, 2.05) is 0 Å². The van der Waals surface area contributed by atoms with Crippen LogP contribution in [0.4, 0.5) is 0 Å². The van der Waals surface area contributed by atoms with Crippen LogP contribution in [0.3, 0.4) is 0 Å². The summed E-state index contributed by atoms with van der Waals surface area (Å²) < 4.78 is 9.34. The summed E-state index contributed by atoms with van der Waals surface area (Å²) in [6.45, 7) is 1.90. The number of methoxy groups -OCH3 is 1. The van der Waals surface area contributed by atoms with Crippen molar-refractivity contribution in [2.45, 2.75) is 19.4 Å². The number of carboxylic acid groups (broad SMARTS) is 1. The second-order valence-electron chi connectivity index (χ2n) is 2.33. The molecule has 70 valence electrons. The lowest BCUT2D eigenvalue weighted by Gasteiger charge is -2.10. The van der Waals surface area contributed by atoms with Crippen LogP contribution in [0.1, 0.15) is 13.3 Å². The molecule has 5 nitrogen and oxygen atoms in total. The number of hydrogen-bond donors (Lipinski definition) is 1. The summed E-state index contributed by atoms with van der Waals surface area (Å²) in [6.07, 6.45) is -1.00. The fourth-order valence-electron chi connectivity index (χ4n) is 0.658. The molecule has 0 aromatic heterocycles. The van der Waals surface area contributed by atoms with Gasteiger partial charge in [-0.2, -0.15) is 0 Å². The molecule has 0 aliphatic rings. The van der Waals surface area contributed by atoms with Crippen molar-refractivity contribution in [3.8, 4) is 0 Å². The van der Waals surface area contributed by atoms with Crippen LogP contribution in [0.25, 0.3) is 0 Å². The minimum absolute atomic E-state index is 0.269. The number of esters is 1. The smallest absolute Gasteiger partial charge is 0.317 e. The van der Waals surface area contributed by atoms with Gasteiger partial charge in [-0.3, -0.25) is 9.59 Å². The highest BCUT2D eigenvalue weighted by molar-refractivity contribution is 5.90. The first-order chi connectivity index (χ1) is 5.56. The van der Waals surface area contributed by atoms with E-state index in [-0.39, 0.29) is 6.61 Å². The first kappa shape index (κ1) is 10.9. The molecule has 0 bridgehead atoms. The molecule has 0 spiro atoms. The standard InChI is InChI=1S/C7H12O5/c1-5(4-11-2)12-7(10)3-6(8)9/h5H,3-4H2,1-2H3,(H,8,9). The Bertz CT molecular complexity index is 165.